The highest BCUT2D eigenvalue weighted by atomic mass is 32.2. The van der Waals surface area contributed by atoms with Crippen LogP contribution in [-0.2, 0) is 4.74 Å². The van der Waals surface area contributed by atoms with Crippen molar-refractivity contribution in [2.75, 3.05) is 12.4 Å². The predicted molar refractivity (Wildman–Crippen MR) is 54.9 cm³/mol. The summed E-state index contributed by atoms with van der Waals surface area (Å²) in [5.74, 6) is 0.163. The van der Waals surface area contributed by atoms with Crippen molar-refractivity contribution < 1.29 is 14.6 Å². The van der Waals surface area contributed by atoms with Crippen LogP contribution in [0.2, 0.25) is 0 Å². The minimum absolute atomic E-state index is 0.304. The second-order valence-electron chi connectivity index (χ2n) is 3.21. The Morgan fingerprint density at radius 1 is 1.80 bits per heavy atom. The Bertz CT molecular complexity index is 402. The summed E-state index contributed by atoms with van der Waals surface area (Å²) in [4.78, 5) is 15.6. The first-order valence-corrected chi connectivity index (χ1v) is 5.70. The van der Waals surface area contributed by atoms with Crippen LogP contribution in [0, 0.1) is 6.92 Å². The second kappa shape index (κ2) is 3.86. The van der Waals surface area contributed by atoms with Crippen molar-refractivity contribution in [1.29, 1.82) is 0 Å². The molecular formula is C9H12N2O3S. The Kier molecular flexibility index (Phi) is 2.70. The number of ether oxygens (including phenoxy) is 1. The predicted octanol–water partition coefficient (Wildman–Crippen LogP) is 0.965. The van der Waals surface area contributed by atoms with Gasteiger partial charge in [0.2, 0.25) is 0 Å². The number of fused-ring (bicyclic) bond motifs is 1. The normalized spacial score (nSPS) is 19.0. The standard InChI is InChI=1S/C9H12N2O3S/c1-3-14-8(13)7-5(2)11-6(12)4-15-9(11)10-7/h6,12H,3-4H2,1-2H3. The minimum atomic E-state index is -0.583. The number of thioether (sulfide) groups is 1. The average molecular weight is 228 g/mol. The first-order chi connectivity index (χ1) is 7.15. The summed E-state index contributed by atoms with van der Waals surface area (Å²) in [6, 6.07) is 0. The highest BCUT2D eigenvalue weighted by Gasteiger charge is 2.28. The number of aromatic nitrogens is 2. The van der Waals surface area contributed by atoms with Crippen molar-refractivity contribution in [2.24, 2.45) is 0 Å². The molecule has 0 aromatic carbocycles. The van der Waals surface area contributed by atoms with Gasteiger partial charge in [-0.1, -0.05) is 11.8 Å². The largest absolute Gasteiger partial charge is 0.461 e. The molecule has 0 aliphatic carbocycles. The number of carbonyl (C=O) groups is 1. The lowest BCUT2D eigenvalue weighted by Gasteiger charge is -2.06. The third kappa shape index (κ3) is 1.63. The maximum absolute atomic E-state index is 11.5. The van der Waals surface area contributed by atoms with Gasteiger partial charge in [0.1, 0.15) is 6.23 Å². The molecule has 5 nitrogen and oxygen atoms in total. The van der Waals surface area contributed by atoms with Crippen molar-refractivity contribution in [2.45, 2.75) is 25.2 Å². The number of aliphatic hydroxyl groups is 1. The van der Waals surface area contributed by atoms with Crippen LogP contribution in [0.5, 0.6) is 0 Å². The zero-order valence-electron chi connectivity index (χ0n) is 8.56. The second-order valence-corrected chi connectivity index (χ2v) is 4.20. The Balaban J connectivity index is 2.36. The molecule has 6 heteroatoms. The van der Waals surface area contributed by atoms with E-state index in [1.54, 1.807) is 18.4 Å². The fourth-order valence-electron chi connectivity index (χ4n) is 1.56. The molecule has 82 valence electrons. The summed E-state index contributed by atoms with van der Waals surface area (Å²) in [5, 5.41) is 10.3. The number of nitrogens with zero attached hydrogens (tertiary/aromatic N) is 2. The maximum Gasteiger partial charge on any atom is 0.358 e. The van der Waals surface area contributed by atoms with E-state index in [-0.39, 0.29) is 0 Å². The van der Waals surface area contributed by atoms with Gasteiger partial charge in [-0.25, -0.2) is 9.78 Å². The number of imidazole rings is 1. The number of hydrogen-bond donors (Lipinski definition) is 1. The molecule has 1 atom stereocenters. The van der Waals surface area contributed by atoms with Gasteiger partial charge in [-0.15, -0.1) is 0 Å². The van der Waals surface area contributed by atoms with Crippen LogP contribution in [-0.4, -0.2) is 33.0 Å². The third-order valence-corrected chi connectivity index (χ3v) is 3.26. The van der Waals surface area contributed by atoms with Crippen LogP contribution in [0.1, 0.15) is 29.3 Å². The van der Waals surface area contributed by atoms with E-state index < -0.39 is 12.2 Å². The lowest BCUT2D eigenvalue weighted by Crippen LogP contribution is -2.11. The molecule has 0 saturated heterocycles. The van der Waals surface area contributed by atoms with E-state index in [4.69, 9.17) is 4.74 Å². The van der Waals surface area contributed by atoms with E-state index in [2.05, 4.69) is 4.98 Å². The fourth-order valence-corrected chi connectivity index (χ4v) is 2.56. The summed E-state index contributed by atoms with van der Waals surface area (Å²) >= 11 is 1.44. The molecule has 2 rings (SSSR count). The summed E-state index contributed by atoms with van der Waals surface area (Å²) < 4.78 is 6.54. The van der Waals surface area contributed by atoms with Crippen molar-refractivity contribution in [3.8, 4) is 0 Å². The zero-order valence-corrected chi connectivity index (χ0v) is 9.37. The molecule has 0 saturated carbocycles. The van der Waals surface area contributed by atoms with Gasteiger partial charge in [0.25, 0.3) is 0 Å². The van der Waals surface area contributed by atoms with Crippen LogP contribution in [0.25, 0.3) is 0 Å². The quantitative estimate of drug-likeness (QED) is 0.764. The van der Waals surface area contributed by atoms with Gasteiger partial charge in [-0.2, -0.15) is 0 Å². The van der Waals surface area contributed by atoms with E-state index in [0.717, 1.165) is 0 Å². The number of rotatable bonds is 2. The van der Waals surface area contributed by atoms with Crippen molar-refractivity contribution >= 4 is 17.7 Å². The molecule has 1 aliphatic rings. The topological polar surface area (TPSA) is 64.3 Å². The smallest absolute Gasteiger partial charge is 0.358 e. The first kappa shape index (κ1) is 10.5. The van der Waals surface area contributed by atoms with Crippen LogP contribution in [0.3, 0.4) is 0 Å². The van der Waals surface area contributed by atoms with Crippen LogP contribution < -0.4 is 0 Å². The molecular weight excluding hydrogens is 216 g/mol. The van der Waals surface area contributed by atoms with E-state index in [1.807, 2.05) is 0 Å². The molecule has 1 aliphatic heterocycles. The van der Waals surface area contributed by atoms with Crippen molar-refractivity contribution in [1.82, 2.24) is 9.55 Å². The Labute approximate surface area is 91.4 Å². The Morgan fingerprint density at radius 3 is 3.13 bits per heavy atom. The third-order valence-electron chi connectivity index (χ3n) is 2.25. The van der Waals surface area contributed by atoms with Crippen molar-refractivity contribution in [3.05, 3.63) is 11.4 Å². The van der Waals surface area contributed by atoms with Crippen LogP contribution in [0.15, 0.2) is 5.16 Å². The number of esters is 1. The molecule has 0 bridgehead atoms. The highest BCUT2D eigenvalue weighted by molar-refractivity contribution is 7.99. The molecule has 2 heterocycles. The molecule has 1 unspecified atom stereocenters. The summed E-state index contributed by atoms with van der Waals surface area (Å²) in [7, 11) is 0. The molecule has 0 amide bonds. The maximum atomic E-state index is 11.5. The average Bonchev–Trinajstić information content (AvgIpc) is 2.70. The van der Waals surface area contributed by atoms with Crippen LogP contribution in [0.4, 0.5) is 0 Å². The highest BCUT2D eigenvalue weighted by Crippen LogP contribution is 2.33. The van der Waals surface area contributed by atoms with E-state index in [1.165, 1.54) is 11.8 Å². The monoisotopic (exact) mass is 228 g/mol. The van der Waals surface area contributed by atoms with Crippen LogP contribution >= 0.6 is 11.8 Å². The van der Waals surface area contributed by atoms with Gasteiger partial charge in [0.05, 0.1) is 12.3 Å². The van der Waals surface area contributed by atoms with E-state index in [0.29, 0.717) is 28.9 Å². The molecule has 1 aromatic heterocycles. The van der Waals surface area contributed by atoms with E-state index >= 15 is 0 Å². The number of hydrogen-bond acceptors (Lipinski definition) is 5. The molecule has 0 fully saturated rings. The van der Waals surface area contributed by atoms with Gasteiger partial charge in [0, 0.05) is 5.75 Å². The molecule has 15 heavy (non-hydrogen) atoms. The van der Waals surface area contributed by atoms with Gasteiger partial charge in [-0.05, 0) is 13.8 Å². The molecule has 0 spiro atoms. The first-order valence-electron chi connectivity index (χ1n) is 4.72. The Morgan fingerprint density at radius 2 is 2.53 bits per heavy atom. The van der Waals surface area contributed by atoms with Gasteiger partial charge < -0.3 is 9.84 Å². The molecule has 1 aromatic rings. The number of aliphatic hydroxyl groups excluding tert-OH is 1. The van der Waals surface area contributed by atoms with Gasteiger partial charge in [0.15, 0.2) is 10.9 Å². The lowest BCUT2D eigenvalue weighted by molar-refractivity contribution is 0.0518. The molecule has 1 N–H and O–H groups in total. The summed E-state index contributed by atoms with van der Waals surface area (Å²) in [5.41, 5.74) is 0.971. The fraction of sp³-hybridized carbons (Fsp3) is 0.556. The SMILES string of the molecule is CCOC(=O)c1nc2n(c1C)C(O)CS2. The summed E-state index contributed by atoms with van der Waals surface area (Å²) in [6.07, 6.45) is -0.583. The van der Waals surface area contributed by atoms with Gasteiger partial charge in [-0.3, -0.25) is 4.57 Å². The van der Waals surface area contributed by atoms with Gasteiger partial charge >= 0.3 is 5.97 Å². The number of carbonyl (C=O) groups excluding carboxylic acids is 1. The molecule has 0 radical (unpaired) electrons. The van der Waals surface area contributed by atoms with Crippen molar-refractivity contribution in [3.63, 3.8) is 0 Å². The summed E-state index contributed by atoms with van der Waals surface area (Å²) in [6.45, 7) is 3.84. The lowest BCUT2D eigenvalue weighted by atomic mass is 10.3. The minimum Gasteiger partial charge on any atom is -0.461 e. The Hall–Kier alpha value is -1.01. The van der Waals surface area contributed by atoms with E-state index in [9.17, 15) is 9.90 Å². The zero-order chi connectivity index (χ0) is 11.0.